The van der Waals surface area contributed by atoms with E-state index in [-0.39, 0.29) is 6.61 Å². The summed E-state index contributed by atoms with van der Waals surface area (Å²) in [7, 11) is 0. The summed E-state index contributed by atoms with van der Waals surface area (Å²) < 4.78 is 0. The van der Waals surface area contributed by atoms with Gasteiger partial charge in [-0.2, -0.15) is 0 Å². The Bertz CT molecular complexity index is 416. The molecule has 1 aliphatic rings. The molecule has 0 bridgehead atoms. The van der Waals surface area contributed by atoms with Crippen LogP contribution in [0.2, 0.25) is 0 Å². The second-order valence-electron chi connectivity index (χ2n) is 5.74. The first kappa shape index (κ1) is 14.3. The lowest BCUT2D eigenvalue weighted by Crippen LogP contribution is -2.41. The van der Waals surface area contributed by atoms with Gasteiger partial charge in [-0.25, -0.2) is 9.97 Å². The third-order valence-corrected chi connectivity index (χ3v) is 3.74. The van der Waals surface area contributed by atoms with Gasteiger partial charge in [-0.1, -0.05) is 13.8 Å². The molecule has 0 amide bonds. The van der Waals surface area contributed by atoms with Crippen LogP contribution in [0.15, 0.2) is 6.07 Å². The highest BCUT2D eigenvalue weighted by atomic mass is 16.3. The van der Waals surface area contributed by atoms with E-state index in [9.17, 15) is 0 Å². The number of aliphatic hydroxyl groups excluding tert-OH is 1. The van der Waals surface area contributed by atoms with Gasteiger partial charge in [0.05, 0.1) is 0 Å². The number of anilines is 1. The zero-order valence-corrected chi connectivity index (χ0v) is 12.3. The first-order valence-electron chi connectivity index (χ1n) is 7.35. The minimum Gasteiger partial charge on any atom is -0.396 e. The summed E-state index contributed by atoms with van der Waals surface area (Å²) in [4.78, 5) is 11.6. The lowest BCUT2D eigenvalue weighted by atomic mass is 9.91. The summed E-state index contributed by atoms with van der Waals surface area (Å²) in [6, 6.07) is 2.67. The molecule has 2 rings (SSSR count). The average Bonchev–Trinajstić information content (AvgIpc) is 2.31. The summed E-state index contributed by atoms with van der Waals surface area (Å²) in [5, 5.41) is 9.07. The number of hydrogen-bond acceptors (Lipinski definition) is 4. The molecule has 1 N–H and O–H groups in total. The third-order valence-electron chi connectivity index (χ3n) is 3.74. The molecule has 1 aliphatic carbocycles. The van der Waals surface area contributed by atoms with Crippen molar-refractivity contribution in [2.75, 3.05) is 18.1 Å². The summed E-state index contributed by atoms with van der Waals surface area (Å²) >= 11 is 0. The topological polar surface area (TPSA) is 49.2 Å². The van der Waals surface area contributed by atoms with Crippen LogP contribution in [0, 0.1) is 6.92 Å². The van der Waals surface area contributed by atoms with Crippen molar-refractivity contribution >= 4 is 5.82 Å². The molecule has 1 aromatic rings. The van der Waals surface area contributed by atoms with E-state index in [0.29, 0.717) is 12.0 Å². The van der Waals surface area contributed by atoms with Gasteiger partial charge in [0.2, 0.25) is 0 Å². The van der Waals surface area contributed by atoms with E-state index in [1.165, 1.54) is 19.3 Å². The zero-order chi connectivity index (χ0) is 13.8. The van der Waals surface area contributed by atoms with Crippen LogP contribution in [0.25, 0.3) is 0 Å². The van der Waals surface area contributed by atoms with E-state index in [2.05, 4.69) is 29.8 Å². The number of hydrogen-bond donors (Lipinski definition) is 1. The van der Waals surface area contributed by atoms with Crippen LogP contribution < -0.4 is 4.90 Å². The standard InChI is InChI=1S/C15H25N3O/c1-11(2)15-16-12(3)10-14(17-15)18(8-5-9-19)13-6-4-7-13/h10-11,13,19H,4-9H2,1-3H3. The molecule has 1 saturated carbocycles. The Hall–Kier alpha value is -1.16. The van der Waals surface area contributed by atoms with Gasteiger partial charge in [-0.3, -0.25) is 0 Å². The second kappa shape index (κ2) is 6.33. The third kappa shape index (κ3) is 3.44. The van der Waals surface area contributed by atoms with Crippen LogP contribution in [0.4, 0.5) is 5.82 Å². The Balaban J connectivity index is 2.24. The van der Waals surface area contributed by atoms with Crippen LogP contribution in [-0.4, -0.2) is 34.3 Å². The first-order valence-corrected chi connectivity index (χ1v) is 7.35. The van der Waals surface area contributed by atoms with Crippen molar-refractivity contribution in [3.8, 4) is 0 Å². The molecule has 1 heterocycles. The predicted molar refractivity (Wildman–Crippen MR) is 77.5 cm³/mol. The minimum atomic E-state index is 0.240. The number of nitrogens with zero attached hydrogens (tertiary/aromatic N) is 3. The zero-order valence-electron chi connectivity index (χ0n) is 12.3. The van der Waals surface area contributed by atoms with Crippen molar-refractivity contribution in [2.24, 2.45) is 0 Å². The predicted octanol–water partition coefficient (Wildman–Crippen LogP) is 2.65. The van der Waals surface area contributed by atoms with E-state index in [1.54, 1.807) is 0 Å². The van der Waals surface area contributed by atoms with E-state index in [4.69, 9.17) is 10.1 Å². The summed E-state index contributed by atoms with van der Waals surface area (Å²) in [6.07, 6.45) is 4.59. The van der Waals surface area contributed by atoms with Gasteiger partial charge in [0.15, 0.2) is 0 Å². The Morgan fingerprint density at radius 2 is 2.11 bits per heavy atom. The van der Waals surface area contributed by atoms with Crippen LogP contribution >= 0.6 is 0 Å². The summed E-state index contributed by atoms with van der Waals surface area (Å²) in [6.45, 7) is 7.40. The van der Waals surface area contributed by atoms with Crippen molar-refractivity contribution in [1.29, 1.82) is 0 Å². The molecule has 0 unspecified atom stereocenters. The van der Waals surface area contributed by atoms with E-state index >= 15 is 0 Å². The maximum atomic E-state index is 9.07. The Morgan fingerprint density at radius 1 is 1.37 bits per heavy atom. The average molecular weight is 263 g/mol. The van der Waals surface area contributed by atoms with E-state index in [1.807, 2.05) is 6.92 Å². The Kier molecular flexibility index (Phi) is 4.75. The van der Waals surface area contributed by atoms with Gasteiger partial charge in [0.25, 0.3) is 0 Å². The molecule has 19 heavy (non-hydrogen) atoms. The van der Waals surface area contributed by atoms with Crippen LogP contribution in [0.5, 0.6) is 0 Å². The van der Waals surface area contributed by atoms with Crippen molar-refractivity contribution in [3.05, 3.63) is 17.6 Å². The molecular weight excluding hydrogens is 238 g/mol. The van der Waals surface area contributed by atoms with E-state index in [0.717, 1.165) is 30.3 Å². The number of aryl methyl sites for hydroxylation is 1. The minimum absolute atomic E-state index is 0.240. The van der Waals surface area contributed by atoms with Crippen LogP contribution in [0.1, 0.15) is 57.0 Å². The summed E-state index contributed by atoms with van der Waals surface area (Å²) in [5.41, 5.74) is 1.03. The molecule has 1 fully saturated rings. The number of aliphatic hydroxyl groups is 1. The Morgan fingerprint density at radius 3 is 2.63 bits per heavy atom. The highest BCUT2D eigenvalue weighted by molar-refractivity contribution is 5.42. The number of rotatable bonds is 6. The van der Waals surface area contributed by atoms with E-state index < -0.39 is 0 Å². The Labute approximate surface area is 115 Å². The van der Waals surface area contributed by atoms with Crippen LogP contribution in [0.3, 0.4) is 0 Å². The first-order chi connectivity index (χ1) is 9.11. The molecule has 0 aromatic carbocycles. The molecule has 0 saturated heterocycles. The monoisotopic (exact) mass is 263 g/mol. The quantitative estimate of drug-likeness (QED) is 0.857. The fraction of sp³-hybridized carbons (Fsp3) is 0.733. The van der Waals surface area contributed by atoms with Crippen molar-refractivity contribution in [3.63, 3.8) is 0 Å². The van der Waals surface area contributed by atoms with Crippen molar-refractivity contribution in [2.45, 2.75) is 58.4 Å². The molecule has 0 atom stereocenters. The maximum Gasteiger partial charge on any atom is 0.133 e. The molecule has 0 spiro atoms. The fourth-order valence-corrected chi connectivity index (χ4v) is 2.40. The molecular formula is C15H25N3O. The fourth-order valence-electron chi connectivity index (χ4n) is 2.40. The molecule has 4 nitrogen and oxygen atoms in total. The smallest absolute Gasteiger partial charge is 0.133 e. The molecule has 0 radical (unpaired) electrons. The molecule has 0 aliphatic heterocycles. The van der Waals surface area contributed by atoms with Gasteiger partial charge in [-0.15, -0.1) is 0 Å². The summed E-state index contributed by atoms with van der Waals surface area (Å²) in [5.74, 6) is 2.30. The lowest BCUT2D eigenvalue weighted by molar-refractivity contribution is 0.282. The SMILES string of the molecule is Cc1cc(N(CCCO)C2CCC2)nc(C(C)C)n1. The highest BCUT2D eigenvalue weighted by Crippen LogP contribution is 2.29. The van der Waals surface area contributed by atoms with Gasteiger partial charge in [0, 0.05) is 36.9 Å². The van der Waals surface area contributed by atoms with Gasteiger partial charge in [-0.05, 0) is 32.6 Å². The largest absolute Gasteiger partial charge is 0.396 e. The van der Waals surface area contributed by atoms with Gasteiger partial charge >= 0.3 is 0 Å². The van der Waals surface area contributed by atoms with Crippen molar-refractivity contribution in [1.82, 2.24) is 9.97 Å². The highest BCUT2D eigenvalue weighted by Gasteiger charge is 2.26. The molecule has 4 heteroatoms. The molecule has 106 valence electrons. The van der Waals surface area contributed by atoms with Gasteiger partial charge < -0.3 is 10.0 Å². The second-order valence-corrected chi connectivity index (χ2v) is 5.74. The normalized spacial score (nSPS) is 15.6. The van der Waals surface area contributed by atoms with Crippen molar-refractivity contribution < 1.29 is 5.11 Å². The van der Waals surface area contributed by atoms with Gasteiger partial charge in [0.1, 0.15) is 11.6 Å². The molecule has 1 aromatic heterocycles. The van der Waals surface area contributed by atoms with Crippen LogP contribution in [-0.2, 0) is 0 Å². The lowest BCUT2D eigenvalue weighted by Gasteiger charge is -2.38. The maximum absolute atomic E-state index is 9.07. The number of aromatic nitrogens is 2.